The van der Waals surface area contributed by atoms with Gasteiger partial charge in [-0.25, -0.2) is 4.79 Å². The van der Waals surface area contributed by atoms with Crippen molar-refractivity contribution in [1.82, 2.24) is 10.6 Å². The van der Waals surface area contributed by atoms with Crippen LogP contribution < -0.4 is 15.5 Å². The summed E-state index contributed by atoms with van der Waals surface area (Å²) in [7, 11) is 1.91. The molecule has 0 saturated heterocycles. The van der Waals surface area contributed by atoms with Crippen LogP contribution in [0.4, 0.5) is 4.79 Å². The number of rotatable bonds is 5. The number of halogens is 1. The van der Waals surface area contributed by atoms with Crippen molar-refractivity contribution >= 4 is 23.5 Å². The fourth-order valence-electron chi connectivity index (χ4n) is 2.79. The van der Waals surface area contributed by atoms with Crippen LogP contribution >= 0.6 is 11.6 Å². The van der Waals surface area contributed by atoms with E-state index in [-0.39, 0.29) is 24.5 Å². The van der Waals surface area contributed by atoms with Gasteiger partial charge in [-0.2, -0.15) is 0 Å². The molecule has 1 unspecified atom stereocenters. The van der Waals surface area contributed by atoms with Crippen molar-refractivity contribution in [3.8, 4) is 0 Å². The van der Waals surface area contributed by atoms with E-state index in [1.807, 2.05) is 31.3 Å². The average molecular weight is 325 g/mol. The molecule has 1 aromatic rings. The van der Waals surface area contributed by atoms with Crippen LogP contribution in [0.2, 0.25) is 5.02 Å². The van der Waals surface area contributed by atoms with Gasteiger partial charge in [0.25, 0.3) is 5.91 Å². The Balaban J connectivity index is 1.72. The molecule has 2 rings (SSSR count). The lowest BCUT2D eigenvalue weighted by Gasteiger charge is -2.15. The molecule has 3 N–H and O–H groups in total. The highest BCUT2D eigenvalue weighted by molar-refractivity contribution is 6.30. The third-order valence-electron chi connectivity index (χ3n) is 3.80. The molecule has 3 amide bonds. The number of hydrogen-bond acceptors (Lipinski definition) is 2. The normalized spacial score (nSPS) is 16.3. The van der Waals surface area contributed by atoms with Crippen LogP contribution in [0.3, 0.4) is 0 Å². The summed E-state index contributed by atoms with van der Waals surface area (Å²) in [6.07, 6.45) is 4.29. The first-order valence-electron chi connectivity index (χ1n) is 7.69. The number of amides is 3. The fraction of sp³-hybridized carbons (Fsp3) is 0.500. The highest BCUT2D eigenvalue weighted by Crippen LogP contribution is 2.17. The van der Waals surface area contributed by atoms with Gasteiger partial charge in [0.2, 0.25) is 0 Å². The lowest BCUT2D eigenvalue weighted by atomic mass is 10.2. The SMILES string of the molecule is C[NH+](CC(=O)NC(=O)NC1CCCC1)Cc1cccc(Cl)c1. The second-order valence-corrected chi connectivity index (χ2v) is 6.38. The molecule has 1 atom stereocenters. The maximum atomic E-state index is 11.9. The minimum absolute atomic E-state index is 0.212. The molecule has 120 valence electrons. The average Bonchev–Trinajstić information content (AvgIpc) is 2.90. The molecule has 0 aliphatic heterocycles. The van der Waals surface area contributed by atoms with Gasteiger partial charge in [-0.15, -0.1) is 0 Å². The Bertz CT molecular complexity index is 530. The van der Waals surface area contributed by atoms with E-state index >= 15 is 0 Å². The molecule has 1 aliphatic carbocycles. The second-order valence-electron chi connectivity index (χ2n) is 5.94. The van der Waals surface area contributed by atoms with Crippen molar-refractivity contribution in [2.24, 2.45) is 0 Å². The van der Waals surface area contributed by atoms with E-state index in [1.54, 1.807) is 0 Å². The first-order chi connectivity index (χ1) is 10.5. The van der Waals surface area contributed by atoms with Gasteiger partial charge >= 0.3 is 6.03 Å². The summed E-state index contributed by atoms with van der Waals surface area (Å²) < 4.78 is 0. The summed E-state index contributed by atoms with van der Waals surface area (Å²) in [4.78, 5) is 24.6. The summed E-state index contributed by atoms with van der Waals surface area (Å²) in [5.74, 6) is -0.268. The number of quaternary nitrogens is 1. The monoisotopic (exact) mass is 324 g/mol. The minimum Gasteiger partial charge on any atom is -0.335 e. The van der Waals surface area contributed by atoms with Gasteiger partial charge in [0.15, 0.2) is 6.54 Å². The van der Waals surface area contributed by atoms with E-state index in [0.717, 1.165) is 36.1 Å². The Morgan fingerprint density at radius 1 is 1.32 bits per heavy atom. The highest BCUT2D eigenvalue weighted by Gasteiger charge is 2.19. The molecule has 0 bridgehead atoms. The van der Waals surface area contributed by atoms with Crippen LogP contribution in [-0.2, 0) is 11.3 Å². The summed E-state index contributed by atoms with van der Waals surface area (Å²) in [6, 6.07) is 7.40. The zero-order valence-corrected chi connectivity index (χ0v) is 13.6. The zero-order chi connectivity index (χ0) is 15.9. The lowest BCUT2D eigenvalue weighted by Crippen LogP contribution is -3.09. The Morgan fingerprint density at radius 2 is 2.05 bits per heavy atom. The van der Waals surface area contributed by atoms with Gasteiger partial charge < -0.3 is 10.2 Å². The number of imide groups is 1. The Kier molecular flexibility index (Phi) is 6.21. The number of hydrogen-bond donors (Lipinski definition) is 3. The predicted molar refractivity (Wildman–Crippen MR) is 85.8 cm³/mol. The predicted octanol–water partition coefficient (Wildman–Crippen LogP) is 1.12. The molecule has 0 spiro atoms. The van der Waals surface area contributed by atoms with E-state index in [0.29, 0.717) is 11.6 Å². The summed E-state index contributed by atoms with van der Waals surface area (Å²) in [5.41, 5.74) is 1.06. The molecular weight excluding hydrogens is 302 g/mol. The van der Waals surface area contributed by atoms with Gasteiger partial charge in [0.05, 0.1) is 7.05 Å². The molecule has 0 radical (unpaired) electrons. The Morgan fingerprint density at radius 3 is 2.73 bits per heavy atom. The lowest BCUT2D eigenvalue weighted by molar-refractivity contribution is -0.885. The van der Waals surface area contributed by atoms with E-state index < -0.39 is 0 Å². The molecule has 0 heterocycles. The Labute approximate surface area is 136 Å². The summed E-state index contributed by atoms with van der Waals surface area (Å²) in [6.45, 7) is 0.919. The molecule has 5 nitrogen and oxygen atoms in total. The quantitative estimate of drug-likeness (QED) is 0.760. The van der Waals surface area contributed by atoms with Gasteiger partial charge in [0.1, 0.15) is 6.54 Å². The number of carbonyl (C=O) groups excluding carboxylic acids is 2. The van der Waals surface area contributed by atoms with E-state index in [1.165, 1.54) is 0 Å². The van der Waals surface area contributed by atoms with E-state index in [9.17, 15) is 9.59 Å². The van der Waals surface area contributed by atoms with E-state index in [4.69, 9.17) is 11.6 Å². The number of carbonyl (C=O) groups is 2. The Hall–Kier alpha value is -1.59. The molecule has 1 fully saturated rings. The maximum absolute atomic E-state index is 11.9. The van der Waals surface area contributed by atoms with Crippen LogP contribution in [0.5, 0.6) is 0 Å². The number of likely N-dealkylation sites (N-methyl/N-ethyl adjacent to an activating group) is 1. The van der Waals surface area contributed by atoms with Crippen molar-refractivity contribution < 1.29 is 14.5 Å². The van der Waals surface area contributed by atoms with Crippen LogP contribution in [0.25, 0.3) is 0 Å². The van der Waals surface area contributed by atoms with Crippen molar-refractivity contribution in [2.75, 3.05) is 13.6 Å². The summed E-state index contributed by atoms with van der Waals surface area (Å²) >= 11 is 5.94. The largest absolute Gasteiger partial charge is 0.335 e. The van der Waals surface area contributed by atoms with Crippen molar-refractivity contribution in [3.05, 3.63) is 34.9 Å². The molecule has 0 aromatic heterocycles. The molecule has 1 saturated carbocycles. The summed E-state index contributed by atoms with van der Waals surface area (Å²) in [5, 5.41) is 5.93. The standard InChI is InChI=1S/C16H22ClN3O2/c1-20(10-12-5-4-6-13(17)9-12)11-15(21)19-16(22)18-14-7-2-3-8-14/h4-6,9,14H,2-3,7-8,10-11H2,1H3,(H2,18,19,21,22)/p+1. The number of urea groups is 1. The van der Waals surface area contributed by atoms with Crippen molar-refractivity contribution in [2.45, 2.75) is 38.3 Å². The van der Waals surface area contributed by atoms with Gasteiger partial charge in [-0.05, 0) is 25.0 Å². The first kappa shape index (κ1) is 16.8. The highest BCUT2D eigenvalue weighted by atomic mass is 35.5. The first-order valence-corrected chi connectivity index (χ1v) is 8.07. The zero-order valence-electron chi connectivity index (χ0n) is 12.8. The molecular formula is C16H23ClN3O2+. The maximum Gasteiger partial charge on any atom is 0.321 e. The molecule has 22 heavy (non-hydrogen) atoms. The third kappa shape index (κ3) is 5.66. The van der Waals surface area contributed by atoms with Crippen molar-refractivity contribution in [1.29, 1.82) is 0 Å². The molecule has 1 aliphatic rings. The second kappa shape index (κ2) is 8.15. The van der Waals surface area contributed by atoms with Gasteiger partial charge in [-0.3, -0.25) is 10.1 Å². The van der Waals surface area contributed by atoms with Crippen LogP contribution in [0.1, 0.15) is 31.2 Å². The third-order valence-corrected chi connectivity index (χ3v) is 4.04. The van der Waals surface area contributed by atoms with Gasteiger partial charge in [0, 0.05) is 16.6 Å². The number of nitrogens with one attached hydrogen (secondary N) is 3. The number of benzene rings is 1. The smallest absolute Gasteiger partial charge is 0.321 e. The molecule has 1 aromatic carbocycles. The minimum atomic E-state index is -0.382. The molecule has 6 heteroatoms. The van der Waals surface area contributed by atoms with E-state index in [2.05, 4.69) is 10.6 Å². The van der Waals surface area contributed by atoms with Crippen LogP contribution in [0.15, 0.2) is 24.3 Å². The topological polar surface area (TPSA) is 62.6 Å². The van der Waals surface area contributed by atoms with Crippen molar-refractivity contribution in [3.63, 3.8) is 0 Å². The van der Waals surface area contributed by atoms with Crippen LogP contribution in [0, 0.1) is 0 Å². The van der Waals surface area contributed by atoms with Gasteiger partial charge in [-0.1, -0.05) is 36.6 Å². The van der Waals surface area contributed by atoms with Crippen LogP contribution in [-0.4, -0.2) is 31.6 Å². The fourth-order valence-corrected chi connectivity index (χ4v) is 3.01.